The van der Waals surface area contributed by atoms with Gasteiger partial charge in [-0.05, 0) is 18.6 Å². The standard InChI is InChI=1S/C20H15N3O2/c1-12-7-5-6-10-14(12)16-11-15(20(24)25)17-18(22-23-19(17)21-16)13-8-3-2-4-9-13/h2-11H,1H3,(H,24,25)(H,21,22,23). The lowest BCUT2D eigenvalue weighted by Crippen LogP contribution is -2.00. The molecule has 0 saturated carbocycles. The molecule has 2 aromatic heterocycles. The number of carboxylic acid groups (broad SMARTS) is 1. The molecule has 2 heterocycles. The summed E-state index contributed by atoms with van der Waals surface area (Å²) in [6, 6.07) is 18.9. The Morgan fingerprint density at radius 2 is 1.76 bits per heavy atom. The zero-order valence-electron chi connectivity index (χ0n) is 13.5. The van der Waals surface area contributed by atoms with Gasteiger partial charge in [0.15, 0.2) is 5.65 Å². The molecule has 0 amide bonds. The number of hydrogen-bond acceptors (Lipinski definition) is 3. The second-order valence-electron chi connectivity index (χ2n) is 5.84. The predicted molar refractivity (Wildman–Crippen MR) is 96.5 cm³/mol. The van der Waals surface area contributed by atoms with Crippen LogP contribution < -0.4 is 0 Å². The van der Waals surface area contributed by atoms with Crippen molar-refractivity contribution < 1.29 is 9.90 Å². The second kappa shape index (κ2) is 5.87. The molecule has 0 spiro atoms. The smallest absolute Gasteiger partial charge is 0.336 e. The zero-order chi connectivity index (χ0) is 17.4. The van der Waals surface area contributed by atoms with Gasteiger partial charge in [-0.15, -0.1) is 0 Å². The summed E-state index contributed by atoms with van der Waals surface area (Å²) in [7, 11) is 0. The van der Waals surface area contributed by atoms with Crippen molar-refractivity contribution in [1.29, 1.82) is 0 Å². The van der Waals surface area contributed by atoms with Gasteiger partial charge in [0.2, 0.25) is 0 Å². The molecule has 0 atom stereocenters. The van der Waals surface area contributed by atoms with Crippen molar-refractivity contribution in [2.45, 2.75) is 6.92 Å². The molecule has 5 heteroatoms. The molecule has 0 radical (unpaired) electrons. The van der Waals surface area contributed by atoms with Crippen molar-refractivity contribution >= 4 is 17.0 Å². The van der Waals surface area contributed by atoms with E-state index in [4.69, 9.17) is 0 Å². The number of aromatic amines is 1. The van der Waals surface area contributed by atoms with Gasteiger partial charge in [-0.1, -0.05) is 54.6 Å². The van der Waals surface area contributed by atoms with Crippen LogP contribution in [0.1, 0.15) is 15.9 Å². The van der Waals surface area contributed by atoms with E-state index in [2.05, 4.69) is 15.2 Å². The normalized spacial score (nSPS) is 10.9. The Balaban J connectivity index is 2.01. The van der Waals surface area contributed by atoms with E-state index in [1.54, 1.807) is 6.07 Å². The molecule has 2 N–H and O–H groups in total. The fraction of sp³-hybridized carbons (Fsp3) is 0.0500. The molecule has 0 aliphatic rings. The van der Waals surface area contributed by atoms with Crippen molar-refractivity contribution in [3.05, 3.63) is 71.8 Å². The van der Waals surface area contributed by atoms with Gasteiger partial charge in [0.25, 0.3) is 0 Å². The number of carboxylic acids is 1. The highest BCUT2D eigenvalue weighted by Crippen LogP contribution is 2.32. The largest absolute Gasteiger partial charge is 0.478 e. The maximum absolute atomic E-state index is 11.9. The van der Waals surface area contributed by atoms with Gasteiger partial charge in [0.05, 0.1) is 22.3 Å². The van der Waals surface area contributed by atoms with E-state index in [-0.39, 0.29) is 5.56 Å². The number of nitrogens with one attached hydrogen (secondary N) is 1. The fourth-order valence-corrected chi connectivity index (χ4v) is 3.00. The minimum absolute atomic E-state index is 0.191. The van der Waals surface area contributed by atoms with Crippen LogP contribution in [0, 0.1) is 6.92 Å². The molecular formula is C20H15N3O2. The van der Waals surface area contributed by atoms with Crippen molar-refractivity contribution in [1.82, 2.24) is 15.2 Å². The number of fused-ring (bicyclic) bond motifs is 1. The van der Waals surface area contributed by atoms with Crippen molar-refractivity contribution in [3.8, 4) is 22.5 Å². The number of nitrogens with zero attached hydrogens (tertiary/aromatic N) is 2. The molecule has 5 nitrogen and oxygen atoms in total. The third kappa shape index (κ3) is 2.55. The lowest BCUT2D eigenvalue weighted by Gasteiger charge is -2.07. The summed E-state index contributed by atoms with van der Waals surface area (Å²) >= 11 is 0. The number of aryl methyl sites for hydroxylation is 1. The fourth-order valence-electron chi connectivity index (χ4n) is 3.00. The molecule has 0 unspecified atom stereocenters. The first-order valence-electron chi connectivity index (χ1n) is 7.89. The number of hydrogen-bond donors (Lipinski definition) is 2. The van der Waals surface area contributed by atoms with E-state index >= 15 is 0 Å². The van der Waals surface area contributed by atoms with E-state index in [9.17, 15) is 9.90 Å². The summed E-state index contributed by atoms with van der Waals surface area (Å²) in [5, 5.41) is 17.5. The number of aromatic carboxylic acids is 1. The first-order valence-corrected chi connectivity index (χ1v) is 7.89. The number of aromatic nitrogens is 3. The number of rotatable bonds is 3. The van der Waals surface area contributed by atoms with Crippen LogP contribution in [0.15, 0.2) is 60.7 Å². The summed E-state index contributed by atoms with van der Waals surface area (Å²) in [4.78, 5) is 16.5. The third-order valence-electron chi connectivity index (χ3n) is 4.24. The van der Waals surface area contributed by atoms with Gasteiger partial charge < -0.3 is 5.11 Å². The lowest BCUT2D eigenvalue weighted by atomic mass is 10.0. The average molecular weight is 329 g/mol. The van der Waals surface area contributed by atoms with Crippen molar-refractivity contribution in [3.63, 3.8) is 0 Å². The van der Waals surface area contributed by atoms with Crippen LogP contribution in [0.4, 0.5) is 0 Å². The predicted octanol–water partition coefficient (Wildman–Crippen LogP) is 4.30. The quantitative estimate of drug-likeness (QED) is 0.587. The Bertz CT molecular complexity index is 1080. The SMILES string of the molecule is Cc1ccccc1-c1cc(C(=O)O)c2c(-c3ccccc3)[nH]nc2n1. The molecule has 0 aliphatic carbocycles. The summed E-state index contributed by atoms with van der Waals surface area (Å²) in [5.41, 5.74) is 4.66. The minimum Gasteiger partial charge on any atom is -0.478 e. The maximum atomic E-state index is 11.9. The van der Waals surface area contributed by atoms with Crippen LogP contribution in [-0.4, -0.2) is 26.3 Å². The number of H-pyrrole nitrogens is 1. The first kappa shape index (κ1) is 15.1. The van der Waals surface area contributed by atoms with Crippen LogP contribution in [0.25, 0.3) is 33.5 Å². The van der Waals surface area contributed by atoms with Crippen molar-refractivity contribution in [2.24, 2.45) is 0 Å². The van der Waals surface area contributed by atoms with Gasteiger partial charge in [0, 0.05) is 11.1 Å². The molecule has 0 bridgehead atoms. The number of benzene rings is 2. The van der Waals surface area contributed by atoms with Crippen molar-refractivity contribution in [2.75, 3.05) is 0 Å². The molecule has 4 rings (SSSR count). The molecule has 4 aromatic rings. The number of carbonyl (C=O) groups is 1. The van der Waals surface area contributed by atoms with E-state index in [1.165, 1.54) is 0 Å². The Morgan fingerprint density at radius 3 is 2.48 bits per heavy atom. The van der Waals surface area contributed by atoms with Gasteiger partial charge in [-0.2, -0.15) is 5.10 Å². The minimum atomic E-state index is -0.999. The molecule has 25 heavy (non-hydrogen) atoms. The highest BCUT2D eigenvalue weighted by atomic mass is 16.4. The highest BCUT2D eigenvalue weighted by Gasteiger charge is 2.20. The summed E-state index contributed by atoms with van der Waals surface area (Å²) < 4.78 is 0. The van der Waals surface area contributed by atoms with Gasteiger partial charge in [-0.25, -0.2) is 9.78 Å². The third-order valence-corrected chi connectivity index (χ3v) is 4.24. The summed E-state index contributed by atoms with van der Waals surface area (Å²) in [5.74, 6) is -0.999. The molecule has 0 aliphatic heterocycles. The Labute approximate surface area is 144 Å². The van der Waals surface area contributed by atoms with Gasteiger partial charge in [-0.3, -0.25) is 5.10 Å². The van der Waals surface area contributed by atoms with Gasteiger partial charge >= 0.3 is 5.97 Å². The molecule has 122 valence electrons. The zero-order valence-corrected chi connectivity index (χ0v) is 13.5. The first-order chi connectivity index (χ1) is 12.1. The Kier molecular flexibility index (Phi) is 3.54. The van der Waals surface area contributed by atoms with Crippen LogP contribution >= 0.6 is 0 Å². The van der Waals surface area contributed by atoms with Crippen LogP contribution in [0.5, 0.6) is 0 Å². The van der Waals surface area contributed by atoms with Crippen LogP contribution in [0.3, 0.4) is 0 Å². The second-order valence-corrected chi connectivity index (χ2v) is 5.84. The average Bonchev–Trinajstić information content (AvgIpc) is 3.06. The summed E-state index contributed by atoms with van der Waals surface area (Å²) in [6.07, 6.45) is 0. The van der Waals surface area contributed by atoms with E-state index in [1.807, 2.05) is 61.5 Å². The number of pyridine rings is 1. The molecule has 2 aromatic carbocycles. The topological polar surface area (TPSA) is 78.9 Å². The Hall–Kier alpha value is -3.47. The lowest BCUT2D eigenvalue weighted by molar-refractivity contribution is 0.0699. The molecular weight excluding hydrogens is 314 g/mol. The molecule has 0 fully saturated rings. The maximum Gasteiger partial charge on any atom is 0.336 e. The monoisotopic (exact) mass is 329 g/mol. The van der Waals surface area contributed by atoms with E-state index < -0.39 is 5.97 Å². The highest BCUT2D eigenvalue weighted by molar-refractivity contribution is 6.08. The van der Waals surface area contributed by atoms with Gasteiger partial charge in [0.1, 0.15) is 0 Å². The van der Waals surface area contributed by atoms with Crippen LogP contribution in [-0.2, 0) is 0 Å². The summed E-state index contributed by atoms with van der Waals surface area (Å²) in [6.45, 7) is 1.97. The van der Waals surface area contributed by atoms with Crippen LogP contribution in [0.2, 0.25) is 0 Å². The van der Waals surface area contributed by atoms with E-state index in [0.717, 1.165) is 16.7 Å². The molecule has 0 saturated heterocycles. The Morgan fingerprint density at radius 1 is 1.04 bits per heavy atom. The van der Waals surface area contributed by atoms with E-state index in [0.29, 0.717) is 22.4 Å².